The van der Waals surface area contributed by atoms with E-state index in [-0.39, 0.29) is 38.6 Å². The molecule has 0 rings (SSSR count). The Labute approximate surface area is 484 Å². The number of carboxylic acid groups (broad SMARTS) is 1. The molecule has 0 radical (unpaired) electrons. The van der Waals surface area contributed by atoms with Gasteiger partial charge in [-0.1, -0.05) is 257 Å². The number of nitrogens with zero attached hydrogens (tertiary/aromatic N) is 1. The first-order valence-electron chi connectivity index (χ1n) is 31.3. The minimum atomic E-state index is -1.63. The molecule has 2 unspecified atom stereocenters. The summed E-state index contributed by atoms with van der Waals surface area (Å²) >= 11 is 0. The first kappa shape index (κ1) is 74.4. The van der Waals surface area contributed by atoms with Gasteiger partial charge >= 0.3 is 11.9 Å². The maximum atomic E-state index is 12.9. The number of allylic oxidation sites excluding steroid dienone is 22. The molecule has 9 nitrogen and oxygen atoms in total. The highest BCUT2D eigenvalue weighted by Crippen LogP contribution is 2.15. The van der Waals surface area contributed by atoms with Crippen LogP contribution in [0.15, 0.2) is 134 Å². The Hall–Kier alpha value is -4.57. The molecule has 0 aromatic carbocycles. The summed E-state index contributed by atoms with van der Waals surface area (Å²) in [6.07, 6.45) is 82.2. The lowest BCUT2D eigenvalue weighted by molar-refractivity contribution is -0.870. The fraction of sp³-hybridized carbons (Fsp3) is 0.643. The highest BCUT2D eigenvalue weighted by atomic mass is 16.7. The van der Waals surface area contributed by atoms with Crippen molar-refractivity contribution in [3.05, 3.63) is 134 Å². The molecule has 79 heavy (non-hydrogen) atoms. The summed E-state index contributed by atoms with van der Waals surface area (Å²) in [6.45, 7) is 4.60. The Balaban J connectivity index is 4.23. The van der Waals surface area contributed by atoms with Crippen molar-refractivity contribution < 1.29 is 42.9 Å². The number of carbonyl (C=O) groups excluding carboxylic acids is 3. The molecule has 0 N–H and O–H groups in total. The zero-order valence-corrected chi connectivity index (χ0v) is 50.9. The molecule has 0 aliphatic heterocycles. The van der Waals surface area contributed by atoms with Crippen LogP contribution in [0.3, 0.4) is 0 Å². The van der Waals surface area contributed by atoms with Gasteiger partial charge in [-0.15, -0.1) is 0 Å². The topological polar surface area (TPSA) is 111 Å². The van der Waals surface area contributed by atoms with E-state index in [0.717, 1.165) is 122 Å². The average molecular weight is 1100 g/mol. The maximum absolute atomic E-state index is 12.9. The summed E-state index contributed by atoms with van der Waals surface area (Å²) in [6, 6.07) is 0. The van der Waals surface area contributed by atoms with Gasteiger partial charge in [0.2, 0.25) is 0 Å². The standard InChI is InChI=1S/C70H115NO8/c1-6-8-10-12-14-16-18-20-22-23-24-25-26-27-28-29-30-31-32-33-34-35-36-37-38-39-40-41-42-43-44-45-47-49-51-53-55-57-59-61-68(73)79-66(65-78-70(69(74)75)76-63-62-71(3,4)5)64-77-67(72)60-58-56-54-52-50-48-46-21-19-17-15-13-11-9-7-2/h8,10,14,16,20,22,24-25,27-28,30-31,33-34,36-37,39-40,42-43,45,47,66,70H,6-7,9,11-13,15,17-19,21,23,26,29,32,35,38,41,44,46,48-65H2,1-5H3/b10-8-,16-14-,22-20-,25-24-,28-27-,31-30-,34-33-,37-36-,40-39-,43-42-,47-45-. The lowest BCUT2D eigenvalue weighted by Gasteiger charge is -2.26. The lowest BCUT2D eigenvalue weighted by Crippen LogP contribution is -2.44. The summed E-state index contributed by atoms with van der Waals surface area (Å²) in [5, 5.41) is 11.8. The third kappa shape index (κ3) is 60.9. The van der Waals surface area contributed by atoms with Crippen molar-refractivity contribution in [3.63, 3.8) is 0 Å². The predicted molar refractivity (Wildman–Crippen MR) is 333 cm³/mol. The van der Waals surface area contributed by atoms with E-state index in [1.807, 2.05) is 21.1 Å². The van der Waals surface area contributed by atoms with Gasteiger partial charge in [-0.25, -0.2) is 0 Å². The summed E-state index contributed by atoms with van der Waals surface area (Å²) in [4.78, 5) is 37.3. The molecule has 0 saturated heterocycles. The van der Waals surface area contributed by atoms with Crippen LogP contribution in [0.4, 0.5) is 0 Å². The van der Waals surface area contributed by atoms with Gasteiger partial charge in [0.25, 0.3) is 0 Å². The molecule has 448 valence electrons. The third-order valence-corrected chi connectivity index (χ3v) is 12.9. The van der Waals surface area contributed by atoms with E-state index in [4.69, 9.17) is 18.9 Å². The Morgan fingerprint density at radius 3 is 1.08 bits per heavy atom. The minimum Gasteiger partial charge on any atom is -0.545 e. The van der Waals surface area contributed by atoms with Gasteiger partial charge in [-0.05, 0) is 96.3 Å². The first-order valence-corrected chi connectivity index (χ1v) is 31.3. The number of ether oxygens (including phenoxy) is 4. The molecular formula is C70H115NO8. The number of aliphatic carboxylic acids is 1. The molecule has 2 atom stereocenters. The predicted octanol–water partition coefficient (Wildman–Crippen LogP) is 17.7. The molecule has 0 aliphatic rings. The average Bonchev–Trinajstić information content (AvgIpc) is 3.42. The quantitative estimate of drug-likeness (QED) is 0.0195. The van der Waals surface area contributed by atoms with Gasteiger partial charge in [0.1, 0.15) is 13.2 Å². The minimum absolute atomic E-state index is 0.138. The van der Waals surface area contributed by atoms with Crippen LogP contribution in [0.25, 0.3) is 0 Å². The van der Waals surface area contributed by atoms with Gasteiger partial charge in [0, 0.05) is 12.8 Å². The van der Waals surface area contributed by atoms with E-state index < -0.39 is 24.3 Å². The van der Waals surface area contributed by atoms with Gasteiger partial charge < -0.3 is 33.3 Å². The molecule has 0 fully saturated rings. The van der Waals surface area contributed by atoms with E-state index in [1.54, 1.807) is 0 Å². The number of likely N-dealkylation sites (N-methyl/N-ethyl adjacent to an activating group) is 1. The molecule has 0 spiro atoms. The number of carbonyl (C=O) groups is 3. The smallest absolute Gasteiger partial charge is 0.306 e. The summed E-state index contributed by atoms with van der Waals surface area (Å²) < 4.78 is 22.7. The molecular weight excluding hydrogens is 983 g/mol. The van der Waals surface area contributed by atoms with Crippen LogP contribution >= 0.6 is 0 Å². The molecule has 0 saturated carbocycles. The van der Waals surface area contributed by atoms with Gasteiger partial charge in [-0.2, -0.15) is 0 Å². The van der Waals surface area contributed by atoms with Crippen LogP contribution < -0.4 is 5.11 Å². The van der Waals surface area contributed by atoms with E-state index >= 15 is 0 Å². The molecule has 0 aromatic heterocycles. The second-order valence-electron chi connectivity index (χ2n) is 21.6. The molecule has 0 heterocycles. The molecule has 9 heteroatoms. The molecule has 0 amide bonds. The monoisotopic (exact) mass is 1100 g/mol. The van der Waals surface area contributed by atoms with Crippen molar-refractivity contribution in [3.8, 4) is 0 Å². The second kappa shape index (κ2) is 59.5. The summed E-state index contributed by atoms with van der Waals surface area (Å²) in [5.74, 6) is -2.32. The van der Waals surface area contributed by atoms with Crippen molar-refractivity contribution in [1.82, 2.24) is 0 Å². The van der Waals surface area contributed by atoms with Crippen LogP contribution in [0.5, 0.6) is 0 Å². The highest BCUT2D eigenvalue weighted by Gasteiger charge is 2.22. The van der Waals surface area contributed by atoms with E-state index in [0.29, 0.717) is 17.4 Å². The number of esters is 2. The van der Waals surface area contributed by atoms with Crippen LogP contribution in [0.2, 0.25) is 0 Å². The number of quaternary nitrogens is 1. The maximum Gasteiger partial charge on any atom is 0.306 e. The van der Waals surface area contributed by atoms with Crippen molar-refractivity contribution >= 4 is 17.9 Å². The van der Waals surface area contributed by atoms with Gasteiger partial charge in [0.05, 0.1) is 40.3 Å². The number of carboxylic acids is 1. The molecule has 0 aromatic rings. The number of unbranched alkanes of at least 4 members (excludes halogenated alkanes) is 19. The van der Waals surface area contributed by atoms with Crippen LogP contribution in [0, 0.1) is 0 Å². The fourth-order valence-corrected chi connectivity index (χ4v) is 8.13. The van der Waals surface area contributed by atoms with Crippen molar-refractivity contribution in [2.45, 2.75) is 245 Å². The van der Waals surface area contributed by atoms with Gasteiger partial charge in [-0.3, -0.25) is 9.59 Å². The Morgan fingerprint density at radius 1 is 0.392 bits per heavy atom. The van der Waals surface area contributed by atoms with Crippen LogP contribution in [0.1, 0.15) is 232 Å². The van der Waals surface area contributed by atoms with E-state index in [2.05, 4.69) is 148 Å². The first-order chi connectivity index (χ1) is 38.6. The SMILES string of the molecule is CC/C=C\C/C=C\C/C=C\C/C=C\C/C=C\C/C=C\C/C=C\C/C=C\C/C=C\C/C=C\C/C=C\CCCCCCCC(=O)OC(COC(=O)CCCCCCCCCCCCCCCCC)COC(OCC[N+](C)(C)C)C(=O)[O-]. The number of hydrogen-bond donors (Lipinski definition) is 0. The number of hydrogen-bond acceptors (Lipinski definition) is 8. The van der Waals surface area contributed by atoms with Crippen LogP contribution in [-0.2, 0) is 33.3 Å². The Kier molecular flexibility index (Phi) is 56.1. The second-order valence-corrected chi connectivity index (χ2v) is 21.6. The third-order valence-electron chi connectivity index (χ3n) is 12.9. The van der Waals surface area contributed by atoms with Gasteiger partial charge in [0.15, 0.2) is 12.4 Å². The van der Waals surface area contributed by atoms with Crippen molar-refractivity contribution in [2.24, 2.45) is 0 Å². The lowest BCUT2D eigenvalue weighted by atomic mass is 10.0. The highest BCUT2D eigenvalue weighted by molar-refractivity contribution is 5.70. The Morgan fingerprint density at radius 2 is 0.722 bits per heavy atom. The normalized spacial score (nSPS) is 13.7. The largest absolute Gasteiger partial charge is 0.545 e. The fourth-order valence-electron chi connectivity index (χ4n) is 8.13. The zero-order valence-electron chi connectivity index (χ0n) is 50.9. The Bertz CT molecular complexity index is 1750. The number of rotatable bonds is 56. The van der Waals surface area contributed by atoms with Crippen molar-refractivity contribution in [1.29, 1.82) is 0 Å². The summed E-state index contributed by atoms with van der Waals surface area (Å²) in [5.41, 5.74) is 0. The molecule has 0 bridgehead atoms. The van der Waals surface area contributed by atoms with E-state index in [1.165, 1.54) is 77.0 Å². The van der Waals surface area contributed by atoms with E-state index in [9.17, 15) is 19.5 Å². The van der Waals surface area contributed by atoms with Crippen LogP contribution in [-0.4, -0.2) is 82.3 Å². The van der Waals surface area contributed by atoms with Crippen molar-refractivity contribution in [2.75, 3.05) is 47.5 Å². The zero-order chi connectivity index (χ0) is 57.6. The summed E-state index contributed by atoms with van der Waals surface area (Å²) in [7, 11) is 5.91. The molecule has 0 aliphatic carbocycles.